The van der Waals surface area contributed by atoms with Crippen LogP contribution in [0.4, 0.5) is 0 Å². The molecule has 2 rings (SSSR count). The second-order valence-corrected chi connectivity index (χ2v) is 7.44. The maximum Gasteiger partial charge on any atom is 0.314 e. The molecule has 0 radical (unpaired) electrons. The number of rotatable bonds is 7. The van der Waals surface area contributed by atoms with E-state index < -0.39 is 23.8 Å². The summed E-state index contributed by atoms with van der Waals surface area (Å²) in [5.41, 5.74) is 0.939. The van der Waals surface area contributed by atoms with Crippen LogP contribution in [0.2, 0.25) is 20.1 Å². The summed E-state index contributed by atoms with van der Waals surface area (Å²) in [6.45, 7) is 3.66. The molecule has 150 valence electrons. The Morgan fingerprint density at radius 1 is 0.714 bits per heavy atom. The first kappa shape index (κ1) is 22.8. The Balaban J connectivity index is 2.65. The minimum Gasteiger partial charge on any atom is -0.465 e. The zero-order valence-corrected chi connectivity index (χ0v) is 18.2. The summed E-state index contributed by atoms with van der Waals surface area (Å²) in [5, 5.41) is 1.17. The lowest BCUT2D eigenvalue weighted by Crippen LogP contribution is -2.29. The molecule has 0 saturated carbocycles. The van der Waals surface area contributed by atoms with Gasteiger partial charge in [-0.3, -0.25) is 9.59 Å². The van der Waals surface area contributed by atoms with Gasteiger partial charge < -0.3 is 9.47 Å². The highest BCUT2D eigenvalue weighted by molar-refractivity contribution is 6.42. The fraction of sp³-hybridized carbons (Fsp3) is 0.300. The van der Waals surface area contributed by atoms with Gasteiger partial charge in [0.2, 0.25) is 0 Å². The molecule has 0 amide bonds. The van der Waals surface area contributed by atoms with Crippen molar-refractivity contribution in [2.24, 2.45) is 0 Å². The van der Waals surface area contributed by atoms with Gasteiger partial charge in [0.05, 0.1) is 45.1 Å². The summed E-state index contributed by atoms with van der Waals surface area (Å²) in [6.07, 6.45) is 0. The van der Waals surface area contributed by atoms with E-state index in [1.165, 1.54) is 12.1 Å². The normalized spacial score (nSPS) is 12.9. The monoisotopic (exact) mass is 462 g/mol. The molecule has 2 atom stereocenters. The lowest BCUT2D eigenvalue weighted by Gasteiger charge is -2.25. The highest BCUT2D eigenvalue weighted by Crippen LogP contribution is 2.39. The van der Waals surface area contributed by atoms with Crippen molar-refractivity contribution >= 4 is 58.3 Å². The van der Waals surface area contributed by atoms with Crippen LogP contribution >= 0.6 is 46.4 Å². The van der Waals surface area contributed by atoms with Crippen LogP contribution < -0.4 is 0 Å². The molecule has 2 unspecified atom stereocenters. The Morgan fingerprint density at radius 2 is 1.07 bits per heavy atom. The molecule has 0 N–H and O–H groups in total. The molecule has 4 nitrogen and oxygen atoms in total. The molecule has 0 fully saturated rings. The van der Waals surface area contributed by atoms with Gasteiger partial charge in [-0.05, 0) is 49.2 Å². The van der Waals surface area contributed by atoms with Crippen LogP contribution in [0.1, 0.15) is 36.8 Å². The summed E-state index contributed by atoms with van der Waals surface area (Å²) in [5.74, 6) is -3.20. The number of esters is 2. The number of halogens is 4. The van der Waals surface area contributed by atoms with Gasteiger partial charge in [0.1, 0.15) is 0 Å². The average Bonchev–Trinajstić information content (AvgIpc) is 2.65. The van der Waals surface area contributed by atoms with Crippen LogP contribution in [0.25, 0.3) is 0 Å². The quantitative estimate of drug-likeness (QED) is 0.452. The third-order valence-corrected chi connectivity index (χ3v) is 5.50. The van der Waals surface area contributed by atoms with E-state index in [9.17, 15) is 9.59 Å². The second-order valence-electron chi connectivity index (χ2n) is 5.81. The van der Waals surface area contributed by atoms with Crippen molar-refractivity contribution in [3.63, 3.8) is 0 Å². The summed E-state index contributed by atoms with van der Waals surface area (Å²) >= 11 is 24.3. The molecular weight excluding hydrogens is 446 g/mol. The van der Waals surface area contributed by atoms with Crippen LogP contribution in [0.15, 0.2) is 36.4 Å². The molecule has 28 heavy (non-hydrogen) atoms. The van der Waals surface area contributed by atoms with Crippen LogP contribution in [0, 0.1) is 0 Å². The molecule has 0 aliphatic carbocycles. The van der Waals surface area contributed by atoms with Gasteiger partial charge in [0, 0.05) is 0 Å². The van der Waals surface area contributed by atoms with E-state index >= 15 is 0 Å². The van der Waals surface area contributed by atoms with Crippen molar-refractivity contribution in [1.82, 2.24) is 0 Å². The SMILES string of the molecule is CCOC(=O)C(c1ccc(Cl)c(Cl)c1)C(C(=O)OCC)c1ccc(Cl)c(Cl)c1. The molecule has 8 heteroatoms. The maximum atomic E-state index is 12.9. The molecule has 0 heterocycles. The summed E-state index contributed by atoms with van der Waals surface area (Å²) < 4.78 is 10.5. The number of ether oxygens (including phenoxy) is 2. The fourth-order valence-corrected chi connectivity index (χ4v) is 3.42. The highest BCUT2D eigenvalue weighted by Gasteiger charge is 2.39. The van der Waals surface area contributed by atoms with Crippen molar-refractivity contribution in [1.29, 1.82) is 0 Å². The third kappa shape index (κ3) is 5.32. The molecule has 0 spiro atoms. The van der Waals surface area contributed by atoms with E-state index in [1.54, 1.807) is 38.1 Å². The Morgan fingerprint density at radius 3 is 1.36 bits per heavy atom. The summed E-state index contributed by atoms with van der Waals surface area (Å²) in [6, 6.07) is 9.44. The Kier molecular flexibility index (Phi) is 8.44. The Hall–Kier alpha value is -1.46. The largest absolute Gasteiger partial charge is 0.465 e. The van der Waals surface area contributed by atoms with E-state index in [4.69, 9.17) is 55.9 Å². The molecule has 2 aromatic carbocycles. The van der Waals surface area contributed by atoms with E-state index in [0.29, 0.717) is 21.2 Å². The van der Waals surface area contributed by atoms with Crippen LogP contribution in [-0.2, 0) is 19.1 Å². The maximum absolute atomic E-state index is 12.9. The number of carbonyl (C=O) groups excluding carboxylic acids is 2. The lowest BCUT2D eigenvalue weighted by molar-refractivity contribution is -0.153. The van der Waals surface area contributed by atoms with Gasteiger partial charge in [-0.25, -0.2) is 0 Å². The number of carbonyl (C=O) groups is 2. The minimum atomic E-state index is -1.01. The van der Waals surface area contributed by atoms with Crippen molar-refractivity contribution < 1.29 is 19.1 Å². The number of hydrogen-bond acceptors (Lipinski definition) is 4. The average molecular weight is 464 g/mol. The fourth-order valence-electron chi connectivity index (χ4n) is 2.80. The number of benzene rings is 2. The molecule has 0 saturated heterocycles. The van der Waals surface area contributed by atoms with Crippen LogP contribution in [0.3, 0.4) is 0 Å². The van der Waals surface area contributed by atoms with E-state index in [1.807, 2.05) is 0 Å². The van der Waals surface area contributed by atoms with E-state index in [0.717, 1.165) is 0 Å². The molecule has 0 aromatic heterocycles. The van der Waals surface area contributed by atoms with Gasteiger partial charge in [-0.15, -0.1) is 0 Å². The smallest absolute Gasteiger partial charge is 0.314 e. The van der Waals surface area contributed by atoms with Crippen LogP contribution in [-0.4, -0.2) is 25.2 Å². The zero-order chi connectivity index (χ0) is 20.8. The lowest BCUT2D eigenvalue weighted by atomic mass is 9.81. The molecule has 0 aliphatic rings. The van der Waals surface area contributed by atoms with Crippen LogP contribution in [0.5, 0.6) is 0 Å². The first-order valence-corrected chi connectivity index (χ1v) is 10.0. The topological polar surface area (TPSA) is 52.6 Å². The molecule has 0 bridgehead atoms. The van der Waals surface area contributed by atoms with Crippen molar-refractivity contribution in [3.8, 4) is 0 Å². The Labute approximate surface area is 183 Å². The minimum absolute atomic E-state index is 0.146. The molecular formula is C20H18Cl4O4. The first-order chi connectivity index (χ1) is 13.3. The molecule has 0 aliphatic heterocycles. The van der Waals surface area contributed by atoms with Gasteiger partial charge in [-0.1, -0.05) is 58.5 Å². The van der Waals surface area contributed by atoms with Gasteiger partial charge in [0.15, 0.2) is 0 Å². The van der Waals surface area contributed by atoms with Gasteiger partial charge in [0.25, 0.3) is 0 Å². The van der Waals surface area contributed by atoms with Crippen molar-refractivity contribution in [3.05, 3.63) is 67.6 Å². The first-order valence-electron chi connectivity index (χ1n) is 8.53. The number of hydrogen-bond donors (Lipinski definition) is 0. The van der Waals surface area contributed by atoms with Gasteiger partial charge >= 0.3 is 11.9 Å². The van der Waals surface area contributed by atoms with E-state index in [-0.39, 0.29) is 23.3 Å². The predicted octanol–water partition coefficient (Wildman–Crippen LogP) is 6.29. The summed E-state index contributed by atoms with van der Waals surface area (Å²) in [7, 11) is 0. The predicted molar refractivity (Wildman–Crippen MR) is 112 cm³/mol. The van der Waals surface area contributed by atoms with Crippen molar-refractivity contribution in [2.75, 3.05) is 13.2 Å². The standard InChI is InChI=1S/C20H18Cl4O4/c1-3-27-19(25)17(11-5-7-13(21)15(23)9-11)18(20(26)28-4-2)12-6-8-14(22)16(24)10-12/h5-10,17-18H,3-4H2,1-2H3. The summed E-state index contributed by atoms with van der Waals surface area (Å²) in [4.78, 5) is 25.7. The Bertz CT molecular complexity index is 798. The molecule has 2 aromatic rings. The zero-order valence-electron chi connectivity index (χ0n) is 15.2. The van der Waals surface area contributed by atoms with Crippen molar-refractivity contribution in [2.45, 2.75) is 25.7 Å². The third-order valence-electron chi connectivity index (χ3n) is 4.02. The van der Waals surface area contributed by atoms with E-state index in [2.05, 4.69) is 0 Å². The second kappa shape index (κ2) is 10.4. The van der Waals surface area contributed by atoms with Gasteiger partial charge in [-0.2, -0.15) is 0 Å². The highest BCUT2D eigenvalue weighted by atomic mass is 35.5.